The van der Waals surface area contributed by atoms with E-state index in [9.17, 15) is 4.79 Å². The number of benzene rings is 2. The summed E-state index contributed by atoms with van der Waals surface area (Å²) in [6.45, 7) is 10.5. The number of aryl methyl sites for hydroxylation is 1. The van der Waals surface area contributed by atoms with Gasteiger partial charge in [0, 0.05) is 30.4 Å². The molecule has 0 saturated heterocycles. The molecule has 0 saturated carbocycles. The van der Waals surface area contributed by atoms with Gasteiger partial charge in [0.25, 0.3) is 5.91 Å². The number of ether oxygens (including phenoxy) is 4. The number of hydrogen-bond donors (Lipinski definition) is 2. The first kappa shape index (κ1) is 30.1. The van der Waals surface area contributed by atoms with Crippen molar-refractivity contribution >= 4 is 33.1 Å². The molecule has 1 aliphatic rings. The number of aliphatic hydroxyl groups excluding tert-OH is 1. The standard InChI is InChI=1S/C31H40N2O6S/c1-5-38-31-24(12-14-36-16-17-37-15-13-34)25(20(2)3)19-27(39-31)29(35)32-23-9-7-22(8-10-23)30-33-26-11-6-21(4)18-28(26)40-30/h6-11,18-20,24-25,31,34H,5,12-17H2,1-4H3,(H,32,35)/t24-,25+,31+/m0/s1. The van der Waals surface area contributed by atoms with E-state index in [4.69, 9.17) is 29.0 Å². The zero-order chi connectivity index (χ0) is 28.5. The summed E-state index contributed by atoms with van der Waals surface area (Å²) in [7, 11) is 0. The number of allylic oxidation sites excluding steroid dienone is 1. The Kier molecular flexibility index (Phi) is 11.1. The van der Waals surface area contributed by atoms with Gasteiger partial charge in [-0.1, -0.05) is 19.9 Å². The molecule has 4 rings (SSSR count). The van der Waals surface area contributed by atoms with Crippen LogP contribution >= 0.6 is 11.3 Å². The second kappa shape index (κ2) is 14.7. The molecule has 0 fully saturated rings. The Morgan fingerprint density at radius 2 is 1.85 bits per heavy atom. The Morgan fingerprint density at radius 3 is 2.55 bits per heavy atom. The van der Waals surface area contributed by atoms with E-state index < -0.39 is 6.29 Å². The summed E-state index contributed by atoms with van der Waals surface area (Å²) >= 11 is 1.66. The maximum atomic E-state index is 13.3. The Bertz CT molecular complexity index is 1270. The van der Waals surface area contributed by atoms with Crippen LogP contribution in [0.25, 0.3) is 20.8 Å². The van der Waals surface area contributed by atoms with Crippen molar-refractivity contribution in [2.75, 3.05) is 45.0 Å². The highest BCUT2D eigenvalue weighted by molar-refractivity contribution is 7.21. The molecule has 2 N–H and O–H groups in total. The Labute approximate surface area is 240 Å². The minimum atomic E-state index is -0.539. The number of fused-ring (bicyclic) bond motifs is 1. The van der Waals surface area contributed by atoms with E-state index in [0.29, 0.717) is 38.7 Å². The topological polar surface area (TPSA) is 99.1 Å². The summed E-state index contributed by atoms with van der Waals surface area (Å²) in [6, 6.07) is 14.0. The quantitative estimate of drug-likeness (QED) is 0.238. The molecule has 0 aliphatic carbocycles. The van der Waals surface area contributed by atoms with Crippen LogP contribution in [0.1, 0.15) is 32.8 Å². The van der Waals surface area contributed by atoms with E-state index >= 15 is 0 Å². The lowest BCUT2D eigenvalue weighted by atomic mass is 9.79. The highest BCUT2D eigenvalue weighted by atomic mass is 32.1. The summed E-state index contributed by atoms with van der Waals surface area (Å²) in [5.41, 5.74) is 3.89. The first-order valence-corrected chi connectivity index (χ1v) is 14.8. The van der Waals surface area contributed by atoms with Crippen molar-refractivity contribution in [3.8, 4) is 10.6 Å². The van der Waals surface area contributed by atoms with Crippen molar-refractivity contribution in [2.24, 2.45) is 17.8 Å². The molecular weight excluding hydrogens is 528 g/mol. The van der Waals surface area contributed by atoms with Gasteiger partial charge in [0.1, 0.15) is 5.01 Å². The monoisotopic (exact) mass is 568 g/mol. The molecule has 0 unspecified atom stereocenters. The molecule has 0 spiro atoms. The third-order valence-electron chi connectivity index (χ3n) is 6.89. The van der Waals surface area contributed by atoms with E-state index in [0.717, 1.165) is 27.2 Å². The number of nitrogens with one attached hydrogen (secondary N) is 1. The molecule has 2 aromatic carbocycles. The molecule has 1 aromatic heterocycles. The Morgan fingerprint density at radius 1 is 1.10 bits per heavy atom. The number of rotatable bonds is 14. The minimum absolute atomic E-state index is 0.00297. The van der Waals surface area contributed by atoms with E-state index in [2.05, 4.69) is 38.2 Å². The largest absolute Gasteiger partial charge is 0.459 e. The number of carbonyl (C=O) groups excluding carboxylic acids is 1. The number of nitrogens with zero attached hydrogens (tertiary/aromatic N) is 1. The van der Waals surface area contributed by atoms with Crippen LogP contribution in [0.2, 0.25) is 0 Å². The van der Waals surface area contributed by atoms with Gasteiger partial charge in [0.05, 0.1) is 36.6 Å². The van der Waals surface area contributed by atoms with E-state index in [1.807, 2.05) is 43.3 Å². The number of thiazole rings is 1. The van der Waals surface area contributed by atoms with Crippen LogP contribution in [0.4, 0.5) is 5.69 Å². The second-order valence-corrected chi connectivity index (χ2v) is 11.2. The van der Waals surface area contributed by atoms with E-state index in [1.54, 1.807) is 11.3 Å². The third-order valence-corrected chi connectivity index (χ3v) is 7.96. The van der Waals surface area contributed by atoms with Crippen molar-refractivity contribution < 1.29 is 28.8 Å². The van der Waals surface area contributed by atoms with Crippen molar-refractivity contribution in [1.29, 1.82) is 0 Å². The number of hydrogen-bond acceptors (Lipinski definition) is 8. The SMILES string of the molecule is CCO[C@@H]1OC(C(=O)Nc2ccc(-c3nc4ccc(C)cc4s3)cc2)=C[C@H](C(C)C)[C@@H]1CCOCCOCCO. The van der Waals surface area contributed by atoms with E-state index in [1.165, 1.54) is 5.56 Å². The van der Waals surface area contributed by atoms with Crippen molar-refractivity contribution in [3.05, 3.63) is 59.9 Å². The first-order valence-electron chi connectivity index (χ1n) is 13.9. The van der Waals surface area contributed by atoms with Crippen LogP contribution in [0.15, 0.2) is 54.3 Å². The van der Waals surface area contributed by atoms with Crippen LogP contribution in [-0.2, 0) is 23.7 Å². The van der Waals surface area contributed by atoms with Crippen molar-refractivity contribution in [3.63, 3.8) is 0 Å². The first-order chi connectivity index (χ1) is 19.4. The van der Waals surface area contributed by atoms with Gasteiger partial charge in [-0.3, -0.25) is 4.79 Å². The molecule has 0 bridgehead atoms. The van der Waals surface area contributed by atoms with Gasteiger partial charge in [-0.15, -0.1) is 11.3 Å². The van der Waals surface area contributed by atoms with Gasteiger partial charge >= 0.3 is 0 Å². The maximum absolute atomic E-state index is 13.3. The number of aliphatic hydroxyl groups is 1. The number of aromatic nitrogens is 1. The summed E-state index contributed by atoms with van der Waals surface area (Å²) in [4.78, 5) is 18.0. The lowest BCUT2D eigenvalue weighted by molar-refractivity contribution is -0.175. The van der Waals surface area contributed by atoms with Gasteiger partial charge in [-0.05, 0) is 80.1 Å². The Balaban J connectivity index is 1.40. The molecule has 8 nitrogen and oxygen atoms in total. The van der Waals surface area contributed by atoms with Gasteiger partial charge in [-0.2, -0.15) is 0 Å². The molecule has 1 aliphatic heterocycles. The van der Waals surface area contributed by atoms with Crippen LogP contribution in [-0.4, -0.2) is 61.9 Å². The van der Waals surface area contributed by atoms with Crippen molar-refractivity contribution in [1.82, 2.24) is 4.98 Å². The Hall–Kier alpha value is -2.82. The predicted molar refractivity (Wildman–Crippen MR) is 158 cm³/mol. The molecule has 3 atom stereocenters. The van der Waals surface area contributed by atoms with Crippen LogP contribution < -0.4 is 5.32 Å². The zero-order valence-corrected chi connectivity index (χ0v) is 24.5. The number of anilines is 1. The fourth-order valence-electron chi connectivity index (χ4n) is 4.85. The van der Waals surface area contributed by atoms with Gasteiger partial charge in [-0.25, -0.2) is 4.98 Å². The molecule has 3 aromatic rings. The number of amides is 1. The summed E-state index contributed by atoms with van der Waals surface area (Å²) in [5.74, 6) is 0.396. The highest BCUT2D eigenvalue weighted by Gasteiger charge is 2.38. The fourth-order valence-corrected chi connectivity index (χ4v) is 5.92. The average molecular weight is 569 g/mol. The molecule has 216 valence electrons. The smallest absolute Gasteiger partial charge is 0.290 e. The summed E-state index contributed by atoms with van der Waals surface area (Å²) in [6.07, 6.45) is 2.12. The maximum Gasteiger partial charge on any atom is 0.290 e. The third kappa shape index (κ3) is 7.89. The van der Waals surface area contributed by atoms with Crippen LogP contribution in [0, 0.1) is 24.7 Å². The predicted octanol–water partition coefficient (Wildman–Crippen LogP) is 5.79. The molecule has 40 heavy (non-hydrogen) atoms. The molecule has 2 heterocycles. The number of carbonyl (C=O) groups is 1. The normalized spacial score (nSPS) is 19.1. The van der Waals surface area contributed by atoms with Gasteiger partial charge in [0.15, 0.2) is 5.76 Å². The van der Waals surface area contributed by atoms with Gasteiger partial charge in [0.2, 0.25) is 6.29 Å². The summed E-state index contributed by atoms with van der Waals surface area (Å²) in [5, 5.41) is 12.7. The summed E-state index contributed by atoms with van der Waals surface area (Å²) < 4.78 is 24.2. The molecule has 9 heteroatoms. The van der Waals surface area contributed by atoms with Crippen LogP contribution in [0.5, 0.6) is 0 Å². The lowest BCUT2D eigenvalue weighted by Gasteiger charge is -2.38. The minimum Gasteiger partial charge on any atom is -0.459 e. The molecular formula is C31H40N2O6S. The highest BCUT2D eigenvalue weighted by Crippen LogP contribution is 2.37. The second-order valence-electron chi connectivity index (χ2n) is 10.2. The van der Waals surface area contributed by atoms with Gasteiger partial charge < -0.3 is 29.4 Å². The van der Waals surface area contributed by atoms with Crippen LogP contribution in [0.3, 0.4) is 0 Å². The molecule has 0 radical (unpaired) electrons. The fraction of sp³-hybridized carbons (Fsp3) is 0.484. The van der Waals surface area contributed by atoms with E-state index in [-0.39, 0.29) is 36.0 Å². The zero-order valence-electron chi connectivity index (χ0n) is 23.7. The molecule has 1 amide bonds. The average Bonchev–Trinajstić information content (AvgIpc) is 3.36. The van der Waals surface area contributed by atoms with Crippen molar-refractivity contribution in [2.45, 2.75) is 40.4 Å². The lowest BCUT2D eigenvalue weighted by Crippen LogP contribution is -2.40.